The molecule has 1 aliphatic rings. The minimum absolute atomic E-state index is 0.261. The maximum atomic E-state index is 12.5. The predicted octanol–water partition coefficient (Wildman–Crippen LogP) is 4.85. The molecule has 1 fully saturated rings. The van der Waals surface area contributed by atoms with Crippen molar-refractivity contribution in [2.24, 2.45) is 0 Å². The van der Waals surface area contributed by atoms with Gasteiger partial charge in [0.15, 0.2) is 0 Å². The number of rotatable bonds is 3. The Balaban J connectivity index is 2.09. The van der Waals surface area contributed by atoms with E-state index in [-0.39, 0.29) is 6.04 Å². The van der Waals surface area contributed by atoms with E-state index in [1.165, 1.54) is 0 Å². The number of cyclic esters (lactones) is 1. The van der Waals surface area contributed by atoms with Gasteiger partial charge in [0.25, 0.3) is 5.24 Å². The quantitative estimate of drug-likeness (QED) is 0.748. The molecular weight excluding hydrogens is 326 g/mol. The maximum Gasteiger partial charge on any atom is 0.415 e. The number of anilines is 1. The summed E-state index contributed by atoms with van der Waals surface area (Å²) in [5.74, 6) is 0. The summed E-state index contributed by atoms with van der Waals surface area (Å²) in [7, 11) is 0. The minimum Gasteiger partial charge on any atom is -0.441 e. The van der Waals surface area contributed by atoms with E-state index in [1.54, 1.807) is 30.0 Å². The number of nitrogens with zero attached hydrogens (tertiary/aromatic N) is 1. The number of hydrogen-bond acceptors (Lipinski definition) is 3. The second-order valence-electron chi connectivity index (χ2n) is 6.43. The smallest absolute Gasteiger partial charge is 0.415 e. The summed E-state index contributed by atoms with van der Waals surface area (Å²) in [6.07, 6.45) is -0.404. The second kappa shape index (κ2) is 5.95. The van der Waals surface area contributed by atoms with Crippen LogP contribution in [0.1, 0.15) is 41.4 Å². The van der Waals surface area contributed by atoms with Crippen molar-refractivity contribution in [3.8, 4) is 0 Å². The highest BCUT2D eigenvalue weighted by Gasteiger charge is 2.49. The number of aryl methyl sites for hydroxylation is 1. The van der Waals surface area contributed by atoms with Crippen molar-refractivity contribution in [1.82, 2.24) is 0 Å². The molecule has 0 bridgehead atoms. The number of amides is 1. The van der Waals surface area contributed by atoms with Crippen molar-refractivity contribution < 1.29 is 14.3 Å². The zero-order valence-electron chi connectivity index (χ0n) is 13.7. The lowest BCUT2D eigenvalue weighted by molar-refractivity contribution is 0.0685. The second-order valence-corrected chi connectivity index (χ2v) is 6.77. The Morgan fingerprint density at radius 2 is 1.83 bits per heavy atom. The Kier molecular flexibility index (Phi) is 4.10. The highest BCUT2D eigenvalue weighted by molar-refractivity contribution is 6.67. The molecule has 24 heavy (non-hydrogen) atoms. The van der Waals surface area contributed by atoms with Gasteiger partial charge in [-0.15, -0.1) is 0 Å². The van der Waals surface area contributed by atoms with E-state index in [4.69, 9.17) is 16.3 Å². The van der Waals surface area contributed by atoms with E-state index >= 15 is 0 Å². The predicted molar refractivity (Wildman–Crippen MR) is 93.6 cm³/mol. The van der Waals surface area contributed by atoms with Crippen LogP contribution in [0.25, 0.3) is 0 Å². The highest BCUT2D eigenvalue weighted by Crippen LogP contribution is 2.43. The van der Waals surface area contributed by atoms with Gasteiger partial charge in [-0.25, -0.2) is 4.79 Å². The summed E-state index contributed by atoms with van der Waals surface area (Å²) < 4.78 is 5.59. The van der Waals surface area contributed by atoms with Crippen LogP contribution >= 0.6 is 11.6 Å². The van der Waals surface area contributed by atoms with Gasteiger partial charge in [-0.05, 0) is 61.7 Å². The molecule has 124 valence electrons. The third-order valence-corrected chi connectivity index (χ3v) is 4.48. The lowest BCUT2D eigenvalue weighted by Gasteiger charge is -2.29. The van der Waals surface area contributed by atoms with E-state index in [1.807, 2.05) is 44.2 Å². The fourth-order valence-corrected chi connectivity index (χ4v) is 3.42. The fraction of sp³-hybridized carbons (Fsp3) is 0.263. The Labute approximate surface area is 146 Å². The molecule has 0 aromatic heterocycles. The molecule has 2 aromatic carbocycles. The standard InChI is InChI=1S/C19H18ClNO3/c1-12-11-14(9-10-15(12)17(20)22)21-16(13-7-5-4-6-8-13)19(2,3)24-18(21)23/h4-11,16H,1-3H3/t16-/m0/s1. The van der Waals surface area contributed by atoms with Crippen molar-refractivity contribution in [3.63, 3.8) is 0 Å². The molecule has 0 radical (unpaired) electrons. The SMILES string of the molecule is Cc1cc(N2C(=O)OC(C)(C)[C@@H]2c2ccccc2)ccc1C(=O)Cl. The van der Waals surface area contributed by atoms with E-state index in [0.29, 0.717) is 11.3 Å². The van der Waals surface area contributed by atoms with Crippen molar-refractivity contribution in [1.29, 1.82) is 0 Å². The molecule has 4 nitrogen and oxygen atoms in total. The molecule has 2 aromatic rings. The Morgan fingerprint density at radius 1 is 1.17 bits per heavy atom. The third kappa shape index (κ3) is 2.78. The van der Waals surface area contributed by atoms with Gasteiger partial charge < -0.3 is 4.74 Å². The Bertz CT molecular complexity index is 802. The number of benzene rings is 2. The third-order valence-electron chi connectivity index (χ3n) is 4.28. The molecule has 0 N–H and O–H groups in total. The number of ether oxygens (including phenoxy) is 1. The van der Waals surface area contributed by atoms with Crippen LogP contribution < -0.4 is 4.90 Å². The molecular formula is C19H18ClNO3. The van der Waals surface area contributed by atoms with Crippen LogP contribution in [0.5, 0.6) is 0 Å². The molecule has 1 saturated heterocycles. The van der Waals surface area contributed by atoms with Gasteiger partial charge in [-0.1, -0.05) is 30.3 Å². The lowest BCUT2D eigenvalue weighted by Crippen LogP contribution is -2.33. The number of carbonyl (C=O) groups is 2. The van der Waals surface area contributed by atoms with E-state index in [2.05, 4.69) is 0 Å². The Morgan fingerprint density at radius 3 is 2.42 bits per heavy atom. The molecule has 3 rings (SSSR count). The van der Waals surface area contributed by atoms with Crippen LogP contribution in [-0.2, 0) is 4.74 Å². The molecule has 1 amide bonds. The van der Waals surface area contributed by atoms with Gasteiger partial charge in [0.2, 0.25) is 0 Å². The number of hydrogen-bond donors (Lipinski definition) is 0. The summed E-state index contributed by atoms with van der Waals surface area (Å²) in [5, 5.41) is -0.511. The van der Waals surface area contributed by atoms with Gasteiger partial charge in [0.05, 0.1) is 0 Å². The average Bonchev–Trinajstić information content (AvgIpc) is 2.76. The lowest BCUT2D eigenvalue weighted by atomic mass is 9.91. The van der Waals surface area contributed by atoms with Gasteiger partial charge >= 0.3 is 6.09 Å². The monoisotopic (exact) mass is 343 g/mol. The minimum atomic E-state index is -0.673. The van der Waals surface area contributed by atoms with Crippen molar-refractivity contribution in [3.05, 3.63) is 65.2 Å². The maximum absolute atomic E-state index is 12.5. The number of halogens is 1. The molecule has 0 spiro atoms. The van der Waals surface area contributed by atoms with Gasteiger partial charge in [0, 0.05) is 11.3 Å². The van der Waals surface area contributed by atoms with Crippen LogP contribution in [0.15, 0.2) is 48.5 Å². The molecule has 1 atom stereocenters. The van der Waals surface area contributed by atoms with Crippen molar-refractivity contribution >= 4 is 28.6 Å². The molecule has 1 heterocycles. The zero-order valence-corrected chi connectivity index (χ0v) is 14.5. The van der Waals surface area contributed by atoms with E-state index in [0.717, 1.165) is 11.1 Å². The average molecular weight is 344 g/mol. The van der Waals surface area contributed by atoms with E-state index in [9.17, 15) is 9.59 Å². The van der Waals surface area contributed by atoms with E-state index < -0.39 is 16.9 Å². The summed E-state index contributed by atoms with van der Waals surface area (Å²) in [6, 6.07) is 14.7. The molecule has 0 saturated carbocycles. The van der Waals surface area contributed by atoms with Crippen LogP contribution in [0, 0.1) is 6.92 Å². The topological polar surface area (TPSA) is 46.6 Å². The number of carbonyl (C=O) groups excluding carboxylic acids is 2. The largest absolute Gasteiger partial charge is 0.441 e. The van der Waals surface area contributed by atoms with Crippen LogP contribution in [-0.4, -0.2) is 16.9 Å². The van der Waals surface area contributed by atoms with Crippen molar-refractivity contribution in [2.75, 3.05) is 4.90 Å². The molecule has 5 heteroatoms. The van der Waals surface area contributed by atoms with Crippen LogP contribution in [0.3, 0.4) is 0 Å². The first-order valence-electron chi connectivity index (χ1n) is 7.69. The normalized spacial score (nSPS) is 19.2. The van der Waals surface area contributed by atoms with Gasteiger partial charge in [-0.3, -0.25) is 9.69 Å². The van der Waals surface area contributed by atoms with Crippen LogP contribution in [0.4, 0.5) is 10.5 Å². The summed E-state index contributed by atoms with van der Waals surface area (Å²) in [6.45, 7) is 5.58. The first-order chi connectivity index (χ1) is 11.3. The van der Waals surface area contributed by atoms with Crippen LogP contribution in [0.2, 0.25) is 0 Å². The molecule has 1 aliphatic heterocycles. The summed E-state index contributed by atoms with van der Waals surface area (Å²) >= 11 is 5.57. The summed E-state index contributed by atoms with van der Waals surface area (Å²) in [5.41, 5.74) is 2.15. The first-order valence-corrected chi connectivity index (χ1v) is 8.06. The highest BCUT2D eigenvalue weighted by atomic mass is 35.5. The van der Waals surface area contributed by atoms with Crippen molar-refractivity contribution in [2.45, 2.75) is 32.4 Å². The first kappa shape index (κ1) is 16.5. The molecule has 0 unspecified atom stereocenters. The fourth-order valence-electron chi connectivity index (χ4n) is 3.20. The summed E-state index contributed by atoms with van der Waals surface area (Å²) in [4.78, 5) is 25.6. The van der Waals surface area contributed by atoms with Gasteiger partial charge in [-0.2, -0.15) is 0 Å². The zero-order chi connectivity index (χ0) is 17.5. The molecule has 0 aliphatic carbocycles. The van der Waals surface area contributed by atoms with Gasteiger partial charge in [0.1, 0.15) is 11.6 Å². The Hall–Kier alpha value is -2.33.